The number of benzene rings is 1. The van der Waals surface area contributed by atoms with Crippen molar-refractivity contribution in [3.8, 4) is 5.75 Å². The van der Waals surface area contributed by atoms with E-state index in [1.165, 1.54) is 13.0 Å². The van der Waals surface area contributed by atoms with Crippen molar-refractivity contribution in [3.05, 3.63) is 28.5 Å². The molecular formula is C11H10BrF4NO2. The van der Waals surface area contributed by atoms with E-state index in [4.69, 9.17) is 4.74 Å². The van der Waals surface area contributed by atoms with Crippen LogP contribution < -0.4 is 10.1 Å². The lowest BCUT2D eigenvalue weighted by atomic mass is 10.3. The molecule has 19 heavy (non-hydrogen) atoms. The second kappa shape index (κ2) is 6.23. The van der Waals surface area contributed by atoms with E-state index in [9.17, 15) is 22.4 Å². The third kappa shape index (κ3) is 5.46. The van der Waals surface area contributed by atoms with Gasteiger partial charge in [0.2, 0.25) is 0 Å². The van der Waals surface area contributed by atoms with Crippen LogP contribution >= 0.6 is 15.9 Å². The Kier molecular flexibility index (Phi) is 5.16. The molecule has 3 nitrogen and oxygen atoms in total. The van der Waals surface area contributed by atoms with E-state index in [1.807, 2.05) is 0 Å². The van der Waals surface area contributed by atoms with Gasteiger partial charge in [0.15, 0.2) is 6.10 Å². The topological polar surface area (TPSA) is 38.3 Å². The van der Waals surface area contributed by atoms with Crippen LogP contribution in [0.4, 0.5) is 17.6 Å². The molecular weight excluding hydrogens is 334 g/mol. The van der Waals surface area contributed by atoms with Gasteiger partial charge in [-0.1, -0.05) is 0 Å². The minimum atomic E-state index is -4.48. The summed E-state index contributed by atoms with van der Waals surface area (Å²) in [7, 11) is 0. The van der Waals surface area contributed by atoms with Gasteiger partial charge in [-0.15, -0.1) is 0 Å². The third-order valence-electron chi connectivity index (χ3n) is 2.03. The largest absolute Gasteiger partial charge is 0.480 e. The van der Waals surface area contributed by atoms with Gasteiger partial charge in [-0.05, 0) is 41.1 Å². The van der Waals surface area contributed by atoms with Crippen LogP contribution in [-0.4, -0.2) is 24.7 Å². The minimum Gasteiger partial charge on any atom is -0.480 e. The quantitative estimate of drug-likeness (QED) is 0.853. The van der Waals surface area contributed by atoms with E-state index < -0.39 is 30.5 Å². The smallest absolute Gasteiger partial charge is 0.405 e. The highest BCUT2D eigenvalue weighted by Gasteiger charge is 2.29. The van der Waals surface area contributed by atoms with Gasteiger partial charge in [-0.3, -0.25) is 4.79 Å². The minimum absolute atomic E-state index is 0.163. The highest BCUT2D eigenvalue weighted by molar-refractivity contribution is 9.10. The predicted molar refractivity (Wildman–Crippen MR) is 63.3 cm³/mol. The first-order chi connectivity index (χ1) is 8.69. The van der Waals surface area contributed by atoms with Gasteiger partial charge in [0, 0.05) is 0 Å². The molecule has 0 radical (unpaired) electrons. The molecule has 8 heteroatoms. The van der Waals surface area contributed by atoms with Crippen LogP contribution in [0, 0.1) is 5.82 Å². The first-order valence-electron chi connectivity index (χ1n) is 5.15. The molecule has 0 heterocycles. The molecule has 1 N–H and O–H groups in total. The molecule has 0 fully saturated rings. The summed E-state index contributed by atoms with van der Waals surface area (Å²) < 4.78 is 53.9. The van der Waals surface area contributed by atoms with Gasteiger partial charge >= 0.3 is 6.18 Å². The van der Waals surface area contributed by atoms with Crippen molar-refractivity contribution in [1.29, 1.82) is 0 Å². The Bertz CT molecular complexity index is 464. The Balaban J connectivity index is 2.59. The maximum atomic E-state index is 12.8. The van der Waals surface area contributed by atoms with Crippen LogP contribution in [0.2, 0.25) is 0 Å². The van der Waals surface area contributed by atoms with Gasteiger partial charge in [-0.25, -0.2) is 4.39 Å². The second-order valence-corrected chi connectivity index (χ2v) is 4.52. The summed E-state index contributed by atoms with van der Waals surface area (Å²) in [6.45, 7) is -0.133. The lowest BCUT2D eigenvalue weighted by molar-refractivity contribution is -0.142. The second-order valence-electron chi connectivity index (χ2n) is 3.67. The van der Waals surface area contributed by atoms with E-state index in [1.54, 1.807) is 5.32 Å². The lowest BCUT2D eigenvalue weighted by Gasteiger charge is -2.16. The molecule has 106 valence electrons. The van der Waals surface area contributed by atoms with Gasteiger partial charge in [-0.2, -0.15) is 13.2 Å². The highest BCUT2D eigenvalue weighted by Crippen LogP contribution is 2.26. The molecule has 1 atom stereocenters. The number of ether oxygens (including phenoxy) is 1. The summed E-state index contributed by atoms with van der Waals surface area (Å²) in [6, 6.07) is 3.50. The van der Waals surface area contributed by atoms with Crippen molar-refractivity contribution in [2.24, 2.45) is 0 Å². The van der Waals surface area contributed by atoms with E-state index in [0.717, 1.165) is 12.1 Å². The zero-order valence-electron chi connectivity index (χ0n) is 9.72. The van der Waals surface area contributed by atoms with Crippen LogP contribution in [0.5, 0.6) is 5.75 Å². The molecule has 1 amide bonds. The number of nitrogens with one attached hydrogen (secondary N) is 1. The summed E-state index contributed by atoms with van der Waals surface area (Å²) in [6.07, 6.45) is -5.62. The zero-order valence-corrected chi connectivity index (χ0v) is 11.3. The molecule has 0 aromatic heterocycles. The average Bonchev–Trinajstić information content (AvgIpc) is 2.28. The number of hydrogen-bond donors (Lipinski definition) is 1. The Labute approximate surface area is 115 Å². The number of amides is 1. The fraction of sp³-hybridized carbons (Fsp3) is 0.364. The number of carbonyl (C=O) groups is 1. The number of carbonyl (C=O) groups excluding carboxylic acids is 1. The number of rotatable bonds is 4. The lowest BCUT2D eigenvalue weighted by Crippen LogP contribution is -2.41. The maximum absolute atomic E-state index is 12.8. The SMILES string of the molecule is CC(Oc1ccc(F)cc1Br)C(=O)NCC(F)(F)F. The first-order valence-corrected chi connectivity index (χ1v) is 5.94. The summed E-state index contributed by atoms with van der Waals surface area (Å²) in [5.74, 6) is -1.25. The fourth-order valence-corrected chi connectivity index (χ4v) is 1.59. The fourth-order valence-electron chi connectivity index (χ4n) is 1.15. The maximum Gasteiger partial charge on any atom is 0.405 e. The van der Waals surface area contributed by atoms with E-state index in [-0.39, 0.29) is 10.2 Å². The summed E-state index contributed by atoms with van der Waals surface area (Å²) >= 11 is 3.02. The Hall–Kier alpha value is -1.31. The number of halogens is 5. The van der Waals surface area contributed by atoms with Crippen molar-refractivity contribution in [3.63, 3.8) is 0 Å². The monoisotopic (exact) mass is 343 g/mol. The number of alkyl halides is 3. The van der Waals surface area contributed by atoms with Gasteiger partial charge in [0.25, 0.3) is 5.91 Å². The van der Waals surface area contributed by atoms with Crippen molar-refractivity contribution >= 4 is 21.8 Å². The van der Waals surface area contributed by atoms with Crippen molar-refractivity contribution in [2.45, 2.75) is 19.2 Å². The summed E-state index contributed by atoms with van der Waals surface area (Å²) in [5, 5.41) is 1.70. The molecule has 0 spiro atoms. The molecule has 1 unspecified atom stereocenters. The molecule has 0 aliphatic rings. The molecule has 1 aromatic rings. The van der Waals surface area contributed by atoms with E-state index in [2.05, 4.69) is 15.9 Å². The van der Waals surface area contributed by atoms with Crippen molar-refractivity contribution < 1.29 is 27.1 Å². The standard InChI is InChI=1S/C11H10BrF4NO2/c1-6(10(18)17-5-11(14,15)16)19-9-3-2-7(13)4-8(9)12/h2-4,6H,5H2,1H3,(H,17,18). The van der Waals surface area contributed by atoms with Crippen LogP contribution in [0.1, 0.15) is 6.92 Å². The summed E-state index contributed by atoms with van der Waals surface area (Å²) in [4.78, 5) is 11.3. The molecule has 0 bridgehead atoms. The zero-order chi connectivity index (χ0) is 14.6. The van der Waals surface area contributed by atoms with Gasteiger partial charge in [0.05, 0.1) is 4.47 Å². The predicted octanol–water partition coefficient (Wildman–Crippen LogP) is 3.03. The van der Waals surface area contributed by atoms with Gasteiger partial charge < -0.3 is 10.1 Å². The van der Waals surface area contributed by atoms with Crippen LogP contribution in [0.3, 0.4) is 0 Å². The van der Waals surface area contributed by atoms with E-state index in [0.29, 0.717) is 0 Å². The Morgan fingerprint density at radius 2 is 2.11 bits per heavy atom. The Morgan fingerprint density at radius 3 is 2.63 bits per heavy atom. The molecule has 1 rings (SSSR count). The molecule has 0 aliphatic carbocycles. The summed E-state index contributed by atoms with van der Waals surface area (Å²) in [5.41, 5.74) is 0. The molecule has 0 saturated carbocycles. The average molecular weight is 344 g/mol. The van der Waals surface area contributed by atoms with Crippen molar-refractivity contribution in [2.75, 3.05) is 6.54 Å². The van der Waals surface area contributed by atoms with Crippen LogP contribution in [0.25, 0.3) is 0 Å². The first kappa shape index (κ1) is 15.7. The Morgan fingerprint density at radius 1 is 1.47 bits per heavy atom. The van der Waals surface area contributed by atoms with Crippen LogP contribution in [-0.2, 0) is 4.79 Å². The normalized spacial score (nSPS) is 12.9. The van der Waals surface area contributed by atoms with Gasteiger partial charge in [0.1, 0.15) is 18.1 Å². The highest BCUT2D eigenvalue weighted by atomic mass is 79.9. The number of hydrogen-bond acceptors (Lipinski definition) is 2. The molecule has 0 saturated heterocycles. The third-order valence-corrected chi connectivity index (χ3v) is 2.65. The van der Waals surface area contributed by atoms with Crippen LogP contribution in [0.15, 0.2) is 22.7 Å². The molecule has 1 aromatic carbocycles. The van der Waals surface area contributed by atoms with E-state index >= 15 is 0 Å². The van der Waals surface area contributed by atoms with Crippen molar-refractivity contribution in [1.82, 2.24) is 5.32 Å². The molecule has 0 aliphatic heterocycles.